The van der Waals surface area contributed by atoms with Crippen molar-refractivity contribution in [1.29, 1.82) is 0 Å². The third kappa shape index (κ3) is 5.21. The zero-order chi connectivity index (χ0) is 7.28. The summed E-state index contributed by atoms with van der Waals surface area (Å²) in [5, 5.41) is 0. The Balaban J connectivity index is 0. The molecule has 2 N–H and O–H groups in total. The Kier molecular flexibility index (Phi) is 9.78. The minimum Gasteiger partial charge on any atom is -0.465 e. The maximum atomic E-state index is 10.6. The van der Waals surface area contributed by atoms with E-state index in [9.17, 15) is 4.79 Å². The number of hydrogen-bond donors (Lipinski definition) is 2. The maximum Gasteiger partial charge on any atom is 0.323 e. The summed E-state index contributed by atoms with van der Waals surface area (Å²) in [6.07, 6.45) is 0. The van der Waals surface area contributed by atoms with Crippen LogP contribution >= 0.6 is 12.6 Å². The van der Waals surface area contributed by atoms with Gasteiger partial charge in [-0.1, -0.05) is 0 Å². The van der Waals surface area contributed by atoms with Crippen molar-refractivity contribution in [2.75, 3.05) is 12.4 Å². The van der Waals surface area contributed by atoms with Crippen LogP contribution in [0.1, 0.15) is 6.92 Å². The van der Waals surface area contributed by atoms with Gasteiger partial charge in [-0.05, 0) is 6.92 Å². The van der Waals surface area contributed by atoms with Gasteiger partial charge in [-0.3, -0.25) is 4.79 Å². The Hall–Kier alpha value is 0.403. The Morgan fingerprint density at radius 3 is 2.60 bits per heavy atom. The molecule has 5 heteroatoms. The summed E-state index contributed by atoms with van der Waals surface area (Å²) >= 11 is 3.82. The van der Waals surface area contributed by atoms with E-state index in [1.165, 1.54) is 0 Å². The minimum atomic E-state index is -0.576. The first-order chi connectivity index (χ1) is 4.22. The van der Waals surface area contributed by atoms with Crippen LogP contribution < -0.4 is 5.73 Å². The van der Waals surface area contributed by atoms with Crippen LogP contribution in [0.15, 0.2) is 0 Å². The Labute approximate surface area is 78.9 Å². The number of rotatable bonds is 3. The molecular formula is C5H11NO2SZn. The Bertz CT molecular complexity index is 102. The first-order valence-electron chi connectivity index (χ1n) is 2.75. The molecule has 0 saturated carbocycles. The summed E-state index contributed by atoms with van der Waals surface area (Å²) in [4.78, 5) is 10.6. The van der Waals surface area contributed by atoms with Crippen molar-refractivity contribution in [1.82, 2.24) is 0 Å². The van der Waals surface area contributed by atoms with Crippen molar-refractivity contribution in [3.63, 3.8) is 0 Å². The van der Waals surface area contributed by atoms with E-state index in [0.29, 0.717) is 12.4 Å². The van der Waals surface area contributed by atoms with E-state index in [4.69, 9.17) is 5.73 Å². The van der Waals surface area contributed by atoms with Gasteiger partial charge in [-0.15, -0.1) is 0 Å². The number of carbonyl (C=O) groups excluding carboxylic acids is 1. The van der Waals surface area contributed by atoms with Gasteiger partial charge in [0.15, 0.2) is 0 Å². The van der Waals surface area contributed by atoms with Gasteiger partial charge >= 0.3 is 5.97 Å². The van der Waals surface area contributed by atoms with Gasteiger partial charge in [0.05, 0.1) is 6.61 Å². The monoisotopic (exact) mass is 213 g/mol. The second kappa shape index (κ2) is 7.51. The number of esters is 1. The largest absolute Gasteiger partial charge is 0.465 e. The molecule has 0 radical (unpaired) electrons. The minimum absolute atomic E-state index is 0. The molecular weight excluding hydrogens is 204 g/mol. The fourth-order valence-corrected chi connectivity index (χ4v) is 0.473. The van der Waals surface area contributed by atoms with Crippen molar-refractivity contribution in [2.24, 2.45) is 5.73 Å². The summed E-state index contributed by atoms with van der Waals surface area (Å²) in [6, 6.07) is -0.576. The third-order valence-electron chi connectivity index (χ3n) is 0.786. The van der Waals surface area contributed by atoms with Crippen molar-refractivity contribution in [3.05, 3.63) is 0 Å². The molecule has 56 valence electrons. The van der Waals surface area contributed by atoms with Crippen molar-refractivity contribution >= 4 is 18.6 Å². The summed E-state index contributed by atoms with van der Waals surface area (Å²) in [6.45, 7) is 2.11. The molecule has 3 nitrogen and oxygen atoms in total. The molecule has 0 aliphatic rings. The molecule has 0 rings (SSSR count). The van der Waals surface area contributed by atoms with E-state index >= 15 is 0 Å². The third-order valence-corrected chi connectivity index (χ3v) is 1.18. The predicted molar refractivity (Wildman–Crippen MR) is 38.5 cm³/mol. The molecule has 0 unspecified atom stereocenters. The van der Waals surface area contributed by atoms with Crippen LogP contribution in [0.2, 0.25) is 0 Å². The van der Waals surface area contributed by atoms with E-state index in [2.05, 4.69) is 17.4 Å². The van der Waals surface area contributed by atoms with E-state index in [0.717, 1.165) is 0 Å². The number of thiol groups is 1. The molecule has 0 bridgehead atoms. The van der Waals surface area contributed by atoms with Crippen LogP contribution in [-0.2, 0) is 29.0 Å². The number of nitrogens with two attached hydrogens (primary N) is 1. The van der Waals surface area contributed by atoms with E-state index in [1.807, 2.05) is 0 Å². The average Bonchev–Trinajstić information content (AvgIpc) is 1.87. The van der Waals surface area contributed by atoms with Crippen LogP contribution in [0.5, 0.6) is 0 Å². The summed E-state index contributed by atoms with van der Waals surface area (Å²) in [5.74, 6) is -0.0498. The van der Waals surface area contributed by atoms with Crippen molar-refractivity contribution in [2.45, 2.75) is 13.0 Å². The van der Waals surface area contributed by atoms with Crippen LogP contribution in [-0.4, -0.2) is 24.4 Å². The molecule has 0 fully saturated rings. The van der Waals surface area contributed by atoms with Crippen molar-refractivity contribution < 1.29 is 29.0 Å². The molecule has 0 saturated heterocycles. The smallest absolute Gasteiger partial charge is 0.323 e. The van der Waals surface area contributed by atoms with Crippen LogP contribution in [0.3, 0.4) is 0 Å². The van der Waals surface area contributed by atoms with Gasteiger partial charge < -0.3 is 10.5 Å². The van der Waals surface area contributed by atoms with E-state index in [-0.39, 0.29) is 25.4 Å². The second-order valence-electron chi connectivity index (χ2n) is 1.54. The molecule has 0 aliphatic heterocycles. The topological polar surface area (TPSA) is 52.3 Å². The Morgan fingerprint density at radius 2 is 2.30 bits per heavy atom. The van der Waals surface area contributed by atoms with Gasteiger partial charge in [-0.2, -0.15) is 12.6 Å². The van der Waals surface area contributed by atoms with Gasteiger partial charge in [0, 0.05) is 25.2 Å². The normalized spacial score (nSPS) is 11.5. The van der Waals surface area contributed by atoms with Crippen LogP contribution in [0, 0.1) is 0 Å². The average molecular weight is 215 g/mol. The second-order valence-corrected chi connectivity index (χ2v) is 1.91. The SMILES string of the molecule is CCOC(=O)[C@@H](N)CS.[Zn]. The quantitative estimate of drug-likeness (QED) is 0.389. The first-order valence-corrected chi connectivity index (χ1v) is 3.38. The fourth-order valence-electron chi connectivity index (χ4n) is 0.324. The van der Waals surface area contributed by atoms with Gasteiger partial charge in [-0.25, -0.2) is 0 Å². The van der Waals surface area contributed by atoms with Crippen molar-refractivity contribution in [3.8, 4) is 0 Å². The molecule has 0 heterocycles. The first kappa shape index (κ1) is 13.0. The number of carbonyl (C=O) groups is 1. The fraction of sp³-hybridized carbons (Fsp3) is 0.800. The molecule has 0 aromatic rings. The zero-order valence-electron chi connectivity index (χ0n) is 6.04. The van der Waals surface area contributed by atoms with Gasteiger partial charge in [0.2, 0.25) is 0 Å². The summed E-state index contributed by atoms with van der Waals surface area (Å²) < 4.78 is 4.58. The standard InChI is InChI=1S/C5H11NO2S.Zn/c1-2-8-5(7)4(6)3-9;/h4,9H,2-3,6H2,1H3;/t4-;/m0./s1. The van der Waals surface area contributed by atoms with Gasteiger partial charge in [0.1, 0.15) is 6.04 Å². The van der Waals surface area contributed by atoms with E-state index in [1.54, 1.807) is 6.92 Å². The van der Waals surface area contributed by atoms with Crippen LogP contribution in [0.25, 0.3) is 0 Å². The number of ether oxygens (including phenoxy) is 1. The number of hydrogen-bond acceptors (Lipinski definition) is 4. The molecule has 0 aromatic heterocycles. The van der Waals surface area contributed by atoms with Crippen LogP contribution in [0.4, 0.5) is 0 Å². The molecule has 0 aliphatic carbocycles. The molecule has 10 heavy (non-hydrogen) atoms. The van der Waals surface area contributed by atoms with E-state index < -0.39 is 6.04 Å². The summed E-state index contributed by atoms with van der Waals surface area (Å²) in [5.41, 5.74) is 5.25. The predicted octanol–water partition coefficient (Wildman–Crippen LogP) is -0.196. The summed E-state index contributed by atoms with van der Waals surface area (Å²) in [7, 11) is 0. The Morgan fingerprint density at radius 1 is 1.80 bits per heavy atom. The maximum absolute atomic E-state index is 10.6. The van der Waals surface area contributed by atoms with Gasteiger partial charge in [0.25, 0.3) is 0 Å². The molecule has 0 aromatic carbocycles. The molecule has 0 amide bonds. The zero-order valence-corrected chi connectivity index (χ0v) is 9.90. The molecule has 0 spiro atoms. The molecule has 1 atom stereocenters.